The standard InChI is InChI=1S/C22H23B2F3N4O/c23-22(24,7-12-10-32-11-12)31-8-13-3-16(4-14(13)9-31)28-20-2-1-19(29-30-20)17-5-15(25)6-18(26)21(17)27/h1-2,5-6,12-14,16H,3-4,7-11H2,(H,28,30)/t13-,14+,16?. The fourth-order valence-electron chi connectivity index (χ4n) is 5.26. The molecule has 164 valence electrons. The topological polar surface area (TPSA) is 50.3 Å². The molecule has 5 rings (SSSR count). The molecule has 32 heavy (non-hydrogen) atoms. The average molecular weight is 438 g/mol. The molecule has 3 aliphatic rings. The number of nitrogens with one attached hydrogen (secondary N) is 1. The minimum absolute atomic E-state index is 0.0736. The van der Waals surface area contributed by atoms with Crippen molar-refractivity contribution < 1.29 is 17.9 Å². The molecule has 2 saturated heterocycles. The van der Waals surface area contributed by atoms with Crippen molar-refractivity contribution in [2.24, 2.45) is 17.8 Å². The fraction of sp³-hybridized carbons (Fsp3) is 0.545. The summed E-state index contributed by atoms with van der Waals surface area (Å²) in [6.45, 7) is 3.23. The lowest BCUT2D eigenvalue weighted by Gasteiger charge is -2.42. The van der Waals surface area contributed by atoms with Gasteiger partial charge in [-0.1, -0.05) is 5.34 Å². The highest BCUT2D eigenvalue weighted by molar-refractivity contribution is 6.40. The van der Waals surface area contributed by atoms with Gasteiger partial charge in [0.1, 0.15) is 11.6 Å². The maximum atomic E-state index is 14.0. The molecule has 5 nitrogen and oxygen atoms in total. The number of ether oxygens (including phenoxy) is 1. The maximum Gasteiger partial charge on any atom is 0.168 e. The van der Waals surface area contributed by atoms with E-state index in [4.69, 9.17) is 20.4 Å². The van der Waals surface area contributed by atoms with Crippen LogP contribution in [0.25, 0.3) is 11.3 Å². The fourth-order valence-corrected chi connectivity index (χ4v) is 5.26. The molecular formula is C22H23B2F3N4O. The molecule has 1 saturated carbocycles. The van der Waals surface area contributed by atoms with Crippen LogP contribution in [0.4, 0.5) is 19.0 Å². The van der Waals surface area contributed by atoms with Crippen LogP contribution >= 0.6 is 0 Å². The van der Waals surface area contributed by atoms with E-state index in [2.05, 4.69) is 20.4 Å². The van der Waals surface area contributed by atoms with Crippen LogP contribution in [0.3, 0.4) is 0 Å². The zero-order valence-electron chi connectivity index (χ0n) is 17.6. The lowest BCUT2D eigenvalue weighted by Crippen LogP contribution is -2.52. The number of benzene rings is 1. The summed E-state index contributed by atoms with van der Waals surface area (Å²) in [7, 11) is 12.9. The Hall–Kier alpha value is -2.06. The summed E-state index contributed by atoms with van der Waals surface area (Å²) in [6, 6.07) is 4.80. The van der Waals surface area contributed by atoms with Gasteiger partial charge in [0.15, 0.2) is 11.6 Å². The minimum Gasteiger partial charge on any atom is -0.381 e. The first-order valence-electron chi connectivity index (χ1n) is 10.9. The molecule has 2 aliphatic heterocycles. The zero-order chi connectivity index (χ0) is 22.5. The van der Waals surface area contributed by atoms with E-state index in [0.717, 1.165) is 51.6 Å². The molecule has 1 aromatic carbocycles. The lowest BCUT2D eigenvalue weighted by atomic mass is 9.56. The quantitative estimate of drug-likeness (QED) is 0.556. The Kier molecular flexibility index (Phi) is 5.70. The van der Waals surface area contributed by atoms with Gasteiger partial charge in [-0.3, -0.25) is 0 Å². The van der Waals surface area contributed by atoms with Crippen molar-refractivity contribution in [2.75, 3.05) is 31.6 Å². The van der Waals surface area contributed by atoms with Gasteiger partial charge in [-0.05, 0) is 49.3 Å². The Bertz CT molecular complexity index is 976. The van der Waals surface area contributed by atoms with Gasteiger partial charge >= 0.3 is 0 Å². The predicted octanol–water partition coefficient (Wildman–Crippen LogP) is 2.71. The Labute approximate surface area is 187 Å². The first kappa shape index (κ1) is 21.8. The van der Waals surface area contributed by atoms with Crippen LogP contribution in [0, 0.1) is 35.2 Å². The highest BCUT2D eigenvalue weighted by Crippen LogP contribution is 2.41. The first-order valence-corrected chi connectivity index (χ1v) is 10.9. The average Bonchev–Trinajstić information content (AvgIpc) is 3.28. The monoisotopic (exact) mass is 438 g/mol. The Balaban J connectivity index is 1.18. The molecule has 1 N–H and O–H groups in total. The van der Waals surface area contributed by atoms with Crippen LogP contribution in [0.2, 0.25) is 0 Å². The van der Waals surface area contributed by atoms with E-state index < -0.39 is 22.8 Å². The predicted molar refractivity (Wildman–Crippen MR) is 116 cm³/mol. The molecule has 0 bridgehead atoms. The third-order valence-corrected chi connectivity index (χ3v) is 6.95. The number of hydrogen-bond donors (Lipinski definition) is 1. The summed E-state index contributed by atoms with van der Waals surface area (Å²) in [5.41, 5.74) is -0.179. The highest BCUT2D eigenvalue weighted by Gasteiger charge is 2.45. The van der Waals surface area contributed by atoms with Crippen molar-refractivity contribution >= 4 is 21.5 Å². The van der Waals surface area contributed by atoms with Gasteiger partial charge in [0.2, 0.25) is 0 Å². The number of anilines is 1. The second-order valence-corrected chi connectivity index (χ2v) is 9.39. The molecular weight excluding hydrogens is 415 g/mol. The third-order valence-electron chi connectivity index (χ3n) is 6.95. The van der Waals surface area contributed by atoms with E-state index in [0.29, 0.717) is 29.6 Å². The molecule has 4 radical (unpaired) electrons. The van der Waals surface area contributed by atoms with Crippen molar-refractivity contribution in [1.82, 2.24) is 15.1 Å². The number of halogens is 3. The van der Waals surface area contributed by atoms with Crippen molar-refractivity contribution in [3.8, 4) is 11.3 Å². The van der Waals surface area contributed by atoms with Crippen LogP contribution in [0.1, 0.15) is 19.3 Å². The van der Waals surface area contributed by atoms with Crippen molar-refractivity contribution in [2.45, 2.75) is 30.6 Å². The number of rotatable bonds is 6. The van der Waals surface area contributed by atoms with Gasteiger partial charge in [-0.15, -0.1) is 10.2 Å². The van der Waals surface area contributed by atoms with Gasteiger partial charge in [0.25, 0.3) is 0 Å². The summed E-state index contributed by atoms with van der Waals surface area (Å²) >= 11 is 0. The Morgan fingerprint density at radius 2 is 1.78 bits per heavy atom. The maximum absolute atomic E-state index is 14.0. The molecule has 0 amide bonds. The van der Waals surface area contributed by atoms with Gasteiger partial charge in [-0.2, -0.15) is 0 Å². The number of nitrogens with zero attached hydrogens (tertiary/aromatic N) is 3. The third kappa shape index (κ3) is 4.27. The number of fused-ring (bicyclic) bond motifs is 1. The van der Waals surface area contributed by atoms with E-state index in [1.807, 2.05) is 0 Å². The number of hydrogen-bond acceptors (Lipinski definition) is 5. The molecule has 1 aromatic heterocycles. The molecule has 0 spiro atoms. The van der Waals surface area contributed by atoms with Crippen LogP contribution in [0.15, 0.2) is 24.3 Å². The molecule has 10 heteroatoms. The van der Waals surface area contributed by atoms with Gasteiger partial charge < -0.3 is 15.0 Å². The van der Waals surface area contributed by atoms with Crippen molar-refractivity contribution in [3.63, 3.8) is 0 Å². The highest BCUT2D eigenvalue weighted by atomic mass is 19.2. The van der Waals surface area contributed by atoms with Crippen LogP contribution in [-0.2, 0) is 4.74 Å². The van der Waals surface area contributed by atoms with Crippen molar-refractivity contribution in [1.29, 1.82) is 0 Å². The van der Waals surface area contributed by atoms with E-state index >= 15 is 0 Å². The van der Waals surface area contributed by atoms with Crippen LogP contribution in [-0.4, -0.2) is 68.5 Å². The van der Waals surface area contributed by atoms with Crippen LogP contribution in [0.5, 0.6) is 0 Å². The SMILES string of the molecule is [B]C([B])(CC1COC1)N1C[C@H]2CC(Nc3ccc(-c4cc(F)cc(F)c4F)nn3)C[C@H]2C1. The van der Waals surface area contributed by atoms with E-state index in [1.165, 1.54) is 6.07 Å². The summed E-state index contributed by atoms with van der Waals surface area (Å²) < 4.78 is 46.1. The second-order valence-electron chi connectivity index (χ2n) is 9.39. The van der Waals surface area contributed by atoms with Crippen LogP contribution < -0.4 is 5.32 Å². The Morgan fingerprint density at radius 3 is 2.38 bits per heavy atom. The summed E-state index contributed by atoms with van der Waals surface area (Å²) in [5, 5.41) is 10.6. The zero-order valence-corrected chi connectivity index (χ0v) is 17.6. The van der Waals surface area contributed by atoms with Gasteiger partial charge in [0, 0.05) is 36.7 Å². The Morgan fingerprint density at radius 1 is 1.06 bits per heavy atom. The summed E-state index contributed by atoms with van der Waals surface area (Å²) in [6.07, 6.45) is 2.68. The molecule has 3 heterocycles. The summed E-state index contributed by atoms with van der Waals surface area (Å²) in [4.78, 5) is 2.21. The number of likely N-dealkylation sites (tertiary alicyclic amines) is 1. The summed E-state index contributed by atoms with van der Waals surface area (Å²) in [5.74, 6) is -1.26. The van der Waals surface area contributed by atoms with E-state index in [1.54, 1.807) is 6.07 Å². The minimum atomic E-state index is -1.25. The molecule has 3 atom stereocenters. The van der Waals surface area contributed by atoms with E-state index in [9.17, 15) is 13.2 Å². The molecule has 3 fully saturated rings. The molecule has 1 unspecified atom stereocenters. The van der Waals surface area contributed by atoms with Gasteiger partial charge in [-0.25, -0.2) is 13.2 Å². The lowest BCUT2D eigenvalue weighted by molar-refractivity contribution is -0.0439. The van der Waals surface area contributed by atoms with Crippen molar-refractivity contribution in [3.05, 3.63) is 41.7 Å². The molecule has 1 aliphatic carbocycles. The van der Waals surface area contributed by atoms with E-state index in [-0.39, 0.29) is 17.3 Å². The smallest absolute Gasteiger partial charge is 0.168 e. The largest absolute Gasteiger partial charge is 0.381 e. The molecule has 2 aromatic rings. The normalized spacial score (nSPS) is 26.2. The second kappa shape index (κ2) is 8.37. The number of aromatic nitrogens is 2. The van der Waals surface area contributed by atoms with Gasteiger partial charge in [0.05, 0.1) is 34.6 Å². The first-order chi connectivity index (χ1) is 15.3.